The summed E-state index contributed by atoms with van der Waals surface area (Å²) in [5.74, 6) is -0.0540. The van der Waals surface area contributed by atoms with Crippen molar-refractivity contribution in [2.45, 2.75) is 45.5 Å². The van der Waals surface area contributed by atoms with Crippen LogP contribution >= 0.6 is 0 Å². The molecule has 1 aliphatic heterocycles. The Balaban J connectivity index is 1.93. The second-order valence-electron chi connectivity index (χ2n) is 6.63. The van der Waals surface area contributed by atoms with Gasteiger partial charge in [-0.1, -0.05) is 6.08 Å². The molecule has 0 spiro atoms. The number of carbonyl (C=O) groups excluding carboxylic acids is 1. The molecule has 2 atom stereocenters. The van der Waals surface area contributed by atoms with Gasteiger partial charge < -0.3 is 19.0 Å². The van der Waals surface area contributed by atoms with Crippen molar-refractivity contribution in [3.05, 3.63) is 51.9 Å². The summed E-state index contributed by atoms with van der Waals surface area (Å²) < 4.78 is 16.5. The number of ether oxygens (including phenoxy) is 2. The number of hydrogen-bond donors (Lipinski definition) is 1. The van der Waals surface area contributed by atoms with Gasteiger partial charge in [-0.2, -0.15) is 0 Å². The van der Waals surface area contributed by atoms with Gasteiger partial charge in [-0.3, -0.25) is 0 Å². The minimum absolute atomic E-state index is 0.374. The Hall–Kier alpha value is -2.60. The summed E-state index contributed by atoms with van der Waals surface area (Å²) in [7, 11) is 0. The molecule has 1 N–H and O–H groups in total. The zero-order valence-corrected chi connectivity index (χ0v) is 14.5. The summed E-state index contributed by atoms with van der Waals surface area (Å²) in [6.45, 7) is 6.79. The van der Waals surface area contributed by atoms with E-state index < -0.39 is 29.4 Å². The molecule has 0 amide bonds. The third-order valence-electron chi connectivity index (χ3n) is 4.41. The molecule has 0 fully saturated rings. The number of aliphatic hydroxyl groups is 1. The van der Waals surface area contributed by atoms with Crippen molar-refractivity contribution < 1.29 is 23.8 Å². The highest BCUT2D eigenvalue weighted by atomic mass is 16.6. The Labute approximate surface area is 144 Å². The van der Waals surface area contributed by atoms with Crippen LogP contribution in [-0.4, -0.2) is 22.8 Å². The van der Waals surface area contributed by atoms with Crippen LogP contribution in [0.1, 0.15) is 39.4 Å². The Morgan fingerprint density at radius 1 is 1.32 bits per heavy atom. The largest absolute Gasteiger partial charge is 0.483 e. The van der Waals surface area contributed by atoms with E-state index in [1.54, 1.807) is 52.0 Å². The molecule has 2 heterocycles. The number of esters is 1. The smallest absolute Gasteiger partial charge is 0.336 e. The molecular formula is C19H20O6. The van der Waals surface area contributed by atoms with Crippen molar-refractivity contribution in [2.24, 2.45) is 0 Å². The minimum atomic E-state index is -1.06. The number of benzene rings is 1. The second kappa shape index (κ2) is 6.04. The lowest BCUT2D eigenvalue weighted by molar-refractivity contribution is -0.165. The van der Waals surface area contributed by atoms with Crippen LogP contribution in [0.2, 0.25) is 0 Å². The Morgan fingerprint density at radius 3 is 2.72 bits per heavy atom. The molecule has 0 saturated carbocycles. The molecule has 1 aromatic heterocycles. The Bertz CT molecular complexity index is 921. The summed E-state index contributed by atoms with van der Waals surface area (Å²) in [6.07, 6.45) is -0.0897. The number of carbonyl (C=O) groups is 1. The fourth-order valence-electron chi connectivity index (χ4n) is 2.83. The second-order valence-corrected chi connectivity index (χ2v) is 6.63. The van der Waals surface area contributed by atoms with Gasteiger partial charge in [0.25, 0.3) is 0 Å². The number of fused-ring (bicyclic) bond motifs is 2. The van der Waals surface area contributed by atoms with Gasteiger partial charge in [0.05, 0.1) is 0 Å². The molecule has 0 saturated heterocycles. The maximum absolute atomic E-state index is 12.1. The molecule has 0 unspecified atom stereocenters. The van der Waals surface area contributed by atoms with E-state index in [1.807, 2.05) is 0 Å². The van der Waals surface area contributed by atoms with Crippen molar-refractivity contribution in [1.82, 2.24) is 0 Å². The minimum Gasteiger partial charge on any atom is -0.483 e. The summed E-state index contributed by atoms with van der Waals surface area (Å²) in [4.78, 5) is 23.4. The summed E-state index contributed by atoms with van der Waals surface area (Å²) in [5, 5.41) is 11.4. The molecular weight excluding hydrogens is 324 g/mol. The number of rotatable bonds is 3. The molecule has 1 aliphatic rings. The van der Waals surface area contributed by atoms with Gasteiger partial charge in [0.15, 0.2) is 6.10 Å². The average molecular weight is 344 g/mol. The van der Waals surface area contributed by atoms with E-state index >= 15 is 0 Å². The molecule has 0 bridgehead atoms. The Morgan fingerprint density at radius 2 is 2.04 bits per heavy atom. The molecule has 0 radical (unpaired) electrons. The van der Waals surface area contributed by atoms with Crippen molar-refractivity contribution in [1.29, 1.82) is 0 Å². The summed E-state index contributed by atoms with van der Waals surface area (Å²) in [6, 6.07) is 6.24. The number of allylic oxidation sites excluding steroid dienone is 1. The van der Waals surface area contributed by atoms with Gasteiger partial charge >= 0.3 is 11.6 Å². The van der Waals surface area contributed by atoms with Gasteiger partial charge in [0, 0.05) is 28.7 Å². The zero-order chi connectivity index (χ0) is 18.4. The SMILES string of the molecule is C/C=C(\C)C(=O)OC(C)(C)[C@H]1Oc2cc3oc(=O)ccc3cc2[C@@H]1O. The fraction of sp³-hybridized carbons (Fsp3) is 0.368. The first-order chi connectivity index (χ1) is 11.7. The molecule has 0 aliphatic carbocycles. The standard InChI is InChI=1S/C19H20O6/c1-5-10(2)18(22)25-19(3,4)17-16(21)12-8-11-6-7-15(20)23-13(11)9-14(12)24-17/h5-9,16-17,21H,1-4H3/b10-5+/t16-,17-/m0/s1. The van der Waals surface area contributed by atoms with E-state index in [2.05, 4.69) is 0 Å². The lowest BCUT2D eigenvalue weighted by Gasteiger charge is -2.32. The van der Waals surface area contributed by atoms with Crippen LogP contribution in [0.3, 0.4) is 0 Å². The van der Waals surface area contributed by atoms with E-state index in [4.69, 9.17) is 13.9 Å². The lowest BCUT2D eigenvalue weighted by atomic mass is 9.93. The molecule has 25 heavy (non-hydrogen) atoms. The zero-order valence-electron chi connectivity index (χ0n) is 14.5. The van der Waals surface area contributed by atoms with E-state index in [-0.39, 0.29) is 0 Å². The molecule has 132 valence electrons. The first kappa shape index (κ1) is 17.2. The highest BCUT2D eigenvalue weighted by molar-refractivity contribution is 5.88. The van der Waals surface area contributed by atoms with Gasteiger partial charge in [-0.15, -0.1) is 0 Å². The van der Waals surface area contributed by atoms with Crippen LogP contribution in [0.4, 0.5) is 0 Å². The van der Waals surface area contributed by atoms with Crippen LogP contribution in [0.15, 0.2) is 45.1 Å². The molecule has 2 aromatic rings. The third kappa shape index (κ3) is 3.05. The van der Waals surface area contributed by atoms with Crippen molar-refractivity contribution in [3.63, 3.8) is 0 Å². The Kier molecular flexibility index (Phi) is 4.16. The van der Waals surface area contributed by atoms with E-state index in [1.165, 1.54) is 6.07 Å². The number of hydrogen-bond acceptors (Lipinski definition) is 6. The predicted octanol–water partition coefficient (Wildman–Crippen LogP) is 2.88. The third-order valence-corrected chi connectivity index (χ3v) is 4.41. The molecule has 6 heteroatoms. The first-order valence-electron chi connectivity index (χ1n) is 8.01. The molecule has 6 nitrogen and oxygen atoms in total. The predicted molar refractivity (Wildman–Crippen MR) is 91.5 cm³/mol. The summed E-state index contributed by atoms with van der Waals surface area (Å²) in [5.41, 5.74) is -0.103. The van der Waals surface area contributed by atoms with Crippen molar-refractivity contribution >= 4 is 16.9 Å². The van der Waals surface area contributed by atoms with Gasteiger partial charge in [-0.25, -0.2) is 9.59 Å². The molecule has 1 aromatic carbocycles. The van der Waals surface area contributed by atoms with Crippen LogP contribution in [-0.2, 0) is 9.53 Å². The van der Waals surface area contributed by atoms with Crippen LogP contribution in [0, 0.1) is 0 Å². The summed E-state index contributed by atoms with van der Waals surface area (Å²) >= 11 is 0. The van der Waals surface area contributed by atoms with Crippen LogP contribution < -0.4 is 10.4 Å². The van der Waals surface area contributed by atoms with Crippen molar-refractivity contribution in [3.8, 4) is 5.75 Å². The normalized spacial score (nSPS) is 20.3. The molecule has 3 rings (SSSR count). The quantitative estimate of drug-likeness (QED) is 0.523. The van der Waals surface area contributed by atoms with E-state index in [0.29, 0.717) is 27.9 Å². The topological polar surface area (TPSA) is 86.0 Å². The lowest BCUT2D eigenvalue weighted by Crippen LogP contribution is -2.45. The van der Waals surface area contributed by atoms with Crippen LogP contribution in [0.25, 0.3) is 11.0 Å². The number of aliphatic hydroxyl groups excluding tert-OH is 1. The monoisotopic (exact) mass is 344 g/mol. The van der Waals surface area contributed by atoms with Gasteiger partial charge in [0.2, 0.25) is 0 Å². The average Bonchev–Trinajstić information content (AvgIpc) is 2.88. The highest BCUT2D eigenvalue weighted by Crippen LogP contribution is 2.43. The van der Waals surface area contributed by atoms with Crippen LogP contribution in [0.5, 0.6) is 5.75 Å². The fourth-order valence-corrected chi connectivity index (χ4v) is 2.83. The van der Waals surface area contributed by atoms with Crippen molar-refractivity contribution in [2.75, 3.05) is 0 Å². The van der Waals surface area contributed by atoms with E-state index in [9.17, 15) is 14.7 Å². The van der Waals surface area contributed by atoms with Gasteiger partial charge in [-0.05, 0) is 39.8 Å². The first-order valence-corrected chi connectivity index (χ1v) is 8.01. The highest BCUT2D eigenvalue weighted by Gasteiger charge is 2.46. The maximum atomic E-state index is 12.1. The van der Waals surface area contributed by atoms with E-state index in [0.717, 1.165) is 0 Å². The van der Waals surface area contributed by atoms with Gasteiger partial charge in [0.1, 0.15) is 23.0 Å². The maximum Gasteiger partial charge on any atom is 0.336 e.